The molecule has 0 unspecified atom stereocenters. The minimum Gasteiger partial charge on any atom is -0.435 e. The summed E-state index contributed by atoms with van der Waals surface area (Å²) in [6.45, 7) is 4.51. The second-order valence-electron chi connectivity index (χ2n) is 6.91. The molecular formula is C18H32O3. The van der Waals surface area contributed by atoms with Crippen LogP contribution in [-0.4, -0.2) is 18.9 Å². The molecule has 0 aliphatic heterocycles. The highest BCUT2D eigenvalue weighted by molar-refractivity contribution is 5.60. The van der Waals surface area contributed by atoms with Gasteiger partial charge in [0.15, 0.2) is 0 Å². The normalized spacial score (nSPS) is 33.4. The van der Waals surface area contributed by atoms with Crippen molar-refractivity contribution >= 4 is 6.16 Å². The van der Waals surface area contributed by atoms with Gasteiger partial charge in [-0.1, -0.05) is 32.6 Å². The van der Waals surface area contributed by atoms with E-state index in [9.17, 15) is 4.79 Å². The van der Waals surface area contributed by atoms with Gasteiger partial charge in [-0.05, 0) is 63.2 Å². The Morgan fingerprint density at radius 2 is 1.48 bits per heavy atom. The minimum atomic E-state index is -0.485. The summed E-state index contributed by atoms with van der Waals surface area (Å²) >= 11 is 0. The summed E-state index contributed by atoms with van der Waals surface area (Å²) < 4.78 is 10.2. The van der Waals surface area contributed by atoms with Gasteiger partial charge in [-0.15, -0.1) is 0 Å². The first-order valence-corrected chi connectivity index (χ1v) is 9.06. The van der Waals surface area contributed by atoms with Crippen LogP contribution in [0.2, 0.25) is 0 Å². The van der Waals surface area contributed by atoms with Gasteiger partial charge in [0.05, 0.1) is 6.61 Å². The van der Waals surface area contributed by atoms with Crippen molar-refractivity contribution in [3.05, 3.63) is 0 Å². The monoisotopic (exact) mass is 296 g/mol. The maximum Gasteiger partial charge on any atom is 0.508 e. The van der Waals surface area contributed by atoms with Crippen molar-refractivity contribution in [2.24, 2.45) is 17.8 Å². The van der Waals surface area contributed by atoms with E-state index in [-0.39, 0.29) is 6.10 Å². The van der Waals surface area contributed by atoms with Crippen LogP contribution in [0.3, 0.4) is 0 Å². The van der Waals surface area contributed by atoms with Crippen LogP contribution in [0.15, 0.2) is 0 Å². The summed E-state index contributed by atoms with van der Waals surface area (Å²) in [5.41, 5.74) is 0. The summed E-state index contributed by atoms with van der Waals surface area (Å²) in [5, 5.41) is 0. The molecule has 0 heterocycles. The minimum absolute atomic E-state index is 0.0942. The zero-order valence-electron chi connectivity index (χ0n) is 13.8. The van der Waals surface area contributed by atoms with E-state index < -0.39 is 6.16 Å². The molecule has 0 amide bonds. The molecule has 0 bridgehead atoms. The fourth-order valence-corrected chi connectivity index (χ4v) is 4.32. The van der Waals surface area contributed by atoms with Gasteiger partial charge in [-0.25, -0.2) is 4.79 Å². The molecule has 2 saturated carbocycles. The van der Waals surface area contributed by atoms with Crippen LogP contribution in [0.1, 0.15) is 78.1 Å². The third-order valence-electron chi connectivity index (χ3n) is 5.50. The van der Waals surface area contributed by atoms with Crippen LogP contribution in [0.4, 0.5) is 4.79 Å². The van der Waals surface area contributed by atoms with E-state index in [1.165, 1.54) is 51.4 Å². The molecule has 122 valence electrons. The molecule has 0 aromatic heterocycles. The van der Waals surface area contributed by atoms with Crippen LogP contribution in [-0.2, 0) is 9.47 Å². The number of hydrogen-bond acceptors (Lipinski definition) is 3. The van der Waals surface area contributed by atoms with Gasteiger partial charge in [0.2, 0.25) is 0 Å². The molecule has 2 fully saturated rings. The van der Waals surface area contributed by atoms with Crippen LogP contribution in [0.25, 0.3) is 0 Å². The topological polar surface area (TPSA) is 35.5 Å². The fraction of sp³-hybridized carbons (Fsp3) is 0.944. The molecule has 0 spiro atoms. The summed E-state index contributed by atoms with van der Waals surface area (Å²) in [5.74, 6) is 2.80. The van der Waals surface area contributed by atoms with Crippen molar-refractivity contribution in [3.63, 3.8) is 0 Å². The Kier molecular flexibility index (Phi) is 6.85. The molecule has 3 nitrogen and oxygen atoms in total. The highest BCUT2D eigenvalue weighted by atomic mass is 16.7. The van der Waals surface area contributed by atoms with Crippen LogP contribution in [0, 0.1) is 17.8 Å². The number of hydrogen-bond donors (Lipinski definition) is 0. The second kappa shape index (κ2) is 8.65. The van der Waals surface area contributed by atoms with Crippen LogP contribution < -0.4 is 0 Å². The Bertz CT molecular complexity index is 300. The Morgan fingerprint density at radius 3 is 2.00 bits per heavy atom. The zero-order chi connectivity index (χ0) is 15.1. The zero-order valence-corrected chi connectivity index (χ0v) is 13.8. The Hall–Kier alpha value is -0.730. The van der Waals surface area contributed by atoms with Gasteiger partial charge in [0.25, 0.3) is 0 Å². The van der Waals surface area contributed by atoms with Crippen molar-refractivity contribution < 1.29 is 14.3 Å². The lowest BCUT2D eigenvalue weighted by molar-refractivity contribution is 0.00161. The first kappa shape index (κ1) is 16.6. The van der Waals surface area contributed by atoms with Crippen molar-refractivity contribution in [2.45, 2.75) is 84.2 Å². The van der Waals surface area contributed by atoms with E-state index in [4.69, 9.17) is 9.47 Å². The first-order valence-electron chi connectivity index (χ1n) is 9.06. The molecule has 21 heavy (non-hydrogen) atoms. The standard InChI is InChI=1S/C18H32O3/c1-3-5-14-6-8-15(9-7-14)16-10-12-17(13-11-16)21-18(19)20-4-2/h14-17H,3-13H2,1-2H3. The average Bonchev–Trinajstić information content (AvgIpc) is 2.49. The van der Waals surface area contributed by atoms with Crippen LogP contribution >= 0.6 is 0 Å². The molecule has 0 aromatic carbocycles. The summed E-state index contributed by atoms with van der Waals surface area (Å²) in [6.07, 6.45) is 12.6. The predicted molar refractivity (Wildman–Crippen MR) is 84.2 cm³/mol. The van der Waals surface area contributed by atoms with Gasteiger partial charge in [0, 0.05) is 0 Å². The molecule has 2 rings (SSSR count). The van der Waals surface area contributed by atoms with Gasteiger partial charge >= 0.3 is 6.16 Å². The number of rotatable bonds is 5. The molecule has 2 aliphatic rings. The predicted octanol–water partition coefficient (Wildman–Crippen LogP) is 5.32. The van der Waals surface area contributed by atoms with Crippen molar-refractivity contribution in [3.8, 4) is 0 Å². The third kappa shape index (κ3) is 5.19. The summed E-state index contributed by atoms with van der Waals surface area (Å²) in [4.78, 5) is 11.3. The fourth-order valence-electron chi connectivity index (χ4n) is 4.32. The smallest absolute Gasteiger partial charge is 0.435 e. The molecule has 3 heteroatoms. The molecule has 0 radical (unpaired) electrons. The summed E-state index contributed by atoms with van der Waals surface area (Å²) in [7, 11) is 0. The average molecular weight is 296 g/mol. The molecule has 2 aliphatic carbocycles. The molecule has 0 N–H and O–H groups in total. The molecular weight excluding hydrogens is 264 g/mol. The quantitative estimate of drug-likeness (QED) is 0.644. The maximum absolute atomic E-state index is 11.3. The lowest BCUT2D eigenvalue weighted by Gasteiger charge is -2.37. The van der Waals surface area contributed by atoms with E-state index in [2.05, 4.69) is 6.92 Å². The lowest BCUT2D eigenvalue weighted by Crippen LogP contribution is -2.30. The Morgan fingerprint density at radius 1 is 0.905 bits per heavy atom. The SMILES string of the molecule is CCCC1CCC(C2CCC(OC(=O)OCC)CC2)CC1. The van der Waals surface area contributed by atoms with E-state index in [1.807, 2.05) is 6.92 Å². The largest absolute Gasteiger partial charge is 0.508 e. The van der Waals surface area contributed by atoms with E-state index >= 15 is 0 Å². The van der Waals surface area contributed by atoms with Crippen molar-refractivity contribution in [1.29, 1.82) is 0 Å². The van der Waals surface area contributed by atoms with Gasteiger partial charge in [-0.3, -0.25) is 0 Å². The second-order valence-corrected chi connectivity index (χ2v) is 6.91. The van der Waals surface area contributed by atoms with E-state index in [1.54, 1.807) is 0 Å². The van der Waals surface area contributed by atoms with Gasteiger partial charge < -0.3 is 9.47 Å². The summed E-state index contributed by atoms with van der Waals surface area (Å²) in [6, 6.07) is 0. The van der Waals surface area contributed by atoms with Gasteiger partial charge in [-0.2, -0.15) is 0 Å². The van der Waals surface area contributed by atoms with E-state index in [0.29, 0.717) is 6.61 Å². The van der Waals surface area contributed by atoms with Crippen molar-refractivity contribution in [2.75, 3.05) is 6.61 Å². The van der Waals surface area contributed by atoms with Crippen molar-refractivity contribution in [1.82, 2.24) is 0 Å². The highest BCUT2D eigenvalue weighted by Crippen LogP contribution is 2.41. The van der Waals surface area contributed by atoms with Crippen LogP contribution in [0.5, 0.6) is 0 Å². The Balaban J connectivity index is 1.66. The van der Waals surface area contributed by atoms with Gasteiger partial charge in [0.1, 0.15) is 6.10 Å². The molecule has 0 atom stereocenters. The number of carbonyl (C=O) groups is 1. The lowest BCUT2D eigenvalue weighted by atomic mass is 9.70. The Labute approximate surface area is 129 Å². The maximum atomic E-state index is 11.3. The first-order chi connectivity index (χ1) is 10.2. The van der Waals surface area contributed by atoms with E-state index in [0.717, 1.165) is 30.6 Å². The third-order valence-corrected chi connectivity index (χ3v) is 5.50. The number of ether oxygens (including phenoxy) is 2. The number of carbonyl (C=O) groups excluding carboxylic acids is 1. The molecule has 0 saturated heterocycles. The highest BCUT2D eigenvalue weighted by Gasteiger charge is 2.31. The molecule has 0 aromatic rings.